The molecule has 3 heterocycles. The van der Waals surface area contributed by atoms with Crippen LogP contribution in [0.2, 0.25) is 0 Å². The first-order chi connectivity index (χ1) is 13.6. The van der Waals surface area contributed by atoms with Gasteiger partial charge in [-0.15, -0.1) is 17.5 Å². The molecule has 2 saturated heterocycles. The number of hydrogen-bond donors (Lipinski definition) is 2. The topological polar surface area (TPSA) is 92.2 Å². The van der Waals surface area contributed by atoms with Gasteiger partial charge in [-0.05, 0) is 63.9 Å². The Morgan fingerprint density at radius 1 is 1.24 bits per heavy atom. The van der Waals surface area contributed by atoms with E-state index < -0.39 is 0 Å². The summed E-state index contributed by atoms with van der Waals surface area (Å²) in [5.74, 6) is -0.143. The van der Waals surface area contributed by atoms with Crippen molar-refractivity contribution in [3.8, 4) is 0 Å². The van der Waals surface area contributed by atoms with Crippen LogP contribution in [-0.2, 0) is 4.79 Å². The Morgan fingerprint density at radius 3 is 2.79 bits per heavy atom. The molecule has 29 heavy (non-hydrogen) atoms. The molecule has 0 radical (unpaired) electrons. The second-order valence-corrected chi connectivity index (χ2v) is 7.46. The van der Waals surface area contributed by atoms with Gasteiger partial charge < -0.3 is 15.5 Å². The van der Waals surface area contributed by atoms with Gasteiger partial charge in [-0.3, -0.25) is 9.59 Å². The molecule has 0 bridgehead atoms. The molecule has 0 atom stereocenters. The lowest BCUT2D eigenvalue weighted by atomic mass is 10.1. The summed E-state index contributed by atoms with van der Waals surface area (Å²) in [6.45, 7) is 4.51. The van der Waals surface area contributed by atoms with Crippen LogP contribution >= 0.6 is 12.4 Å². The fraction of sp³-hybridized carbons (Fsp3) is 0.500. The highest BCUT2D eigenvalue weighted by Crippen LogP contribution is 2.25. The van der Waals surface area contributed by atoms with E-state index in [2.05, 4.69) is 20.9 Å². The zero-order valence-corrected chi connectivity index (χ0v) is 17.4. The standard InChI is InChI=1S/C20H26N6O2.ClH/c1-14-19(23-24-26(14)16-8-10-21-11-9-16)20(28)22-15-5-4-6-17(13-15)25-12-3-2-7-18(25)27;/h4-6,13,16,21H,2-3,7-12H2,1H3,(H,22,28);1H. The molecule has 2 fully saturated rings. The number of piperidine rings is 2. The van der Waals surface area contributed by atoms with Gasteiger partial charge in [-0.1, -0.05) is 11.3 Å². The zero-order chi connectivity index (χ0) is 19.5. The van der Waals surface area contributed by atoms with Gasteiger partial charge in [0.05, 0.1) is 11.7 Å². The van der Waals surface area contributed by atoms with Crippen molar-refractivity contribution >= 4 is 35.6 Å². The summed E-state index contributed by atoms with van der Waals surface area (Å²) in [6, 6.07) is 7.70. The minimum Gasteiger partial charge on any atom is -0.320 e. The van der Waals surface area contributed by atoms with Crippen LogP contribution in [0.1, 0.15) is 54.3 Å². The van der Waals surface area contributed by atoms with Crippen molar-refractivity contribution in [2.75, 3.05) is 29.9 Å². The van der Waals surface area contributed by atoms with Crippen LogP contribution in [0.25, 0.3) is 0 Å². The second kappa shape index (κ2) is 9.37. The minimum atomic E-state index is -0.278. The predicted molar refractivity (Wildman–Crippen MR) is 114 cm³/mol. The van der Waals surface area contributed by atoms with Gasteiger partial charge in [0.25, 0.3) is 5.91 Å². The lowest BCUT2D eigenvalue weighted by Gasteiger charge is -2.27. The Hall–Kier alpha value is -2.45. The molecule has 1 aromatic heterocycles. The van der Waals surface area contributed by atoms with E-state index in [0.29, 0.717) is 17.8 Å². The maximum absolute atomic E-state index is 12.8. The third-order valence-corrected chi connectivity index (χ3v) is 5.54. The van der Waals surface area contributed by atoms with Gasteiger partial charge in [0.15, 0.2) is 5.69 Å². The summed E-state index contributed by atoms with van der Waals surface area (Å²) in [7, 11) is 0. The molecule has 0 spiro atoms. The van der Waals surface area contributed by atoms with E-state index >= 15 is 0 Å². The molecule has 4 rings (SSSR count). The van der Waals surface area contributed by atoms with E-state index in [9.17, 15) is 9.59 Å². The lowest BCUT2D eigenvalue weighted by molar-refractivity contribution is -0.119. The Morgan fingerprint density at radius 2 is 2.03 bits per heavy atom. The summed E-state index contributed by atoms with van der Waals surface area (Å²) in [5, 5.41) is 14.6. The van der Waals surface area contributed by atoms with Crippen LogP contribution < -0.4 is 15.5 Å². The first kappa shape index (κ1) is 21.3. The first-order valence-corrected chi connectivity index (χ1v) is 9.98. The number of rotatable bonds is 4. The molecule has 2 N–H and O–H groups in total. The maximum atomic E-state index is 12.8. The predicted octanol–water partition coefficient (Wildman–Crippen LogP) is 2.70. The SMILES string of the molecule is Cc1c(C(=O)Nc2cccc(N3CCCCC3=O)c2)nnn1C1CCNCC1.Cl. The number of aromatic nitrogens is 3. The highest BCUT2D eigenvalue weighted by Gasteiger charge is 2.24. The molecule has 9 heteroatoms. The molecule has 156 valence electrons. The summed E-state index contributed by atoms with van der Waals surface area (Å²) in [5.41, 5.74) is 2.60. The van der Waals surface area contributed by atoms with Gasteiger partial charge in [0.2, 0.25) is 5.91 Å². The highest BCUT2D eigenvalue weighted by atomic mass is 35.5. The molecule has 0 saturated carbocycles. The number of hydrogen-bond acceptors (Lipinski definition) is 5. The Kier molecular flexibility index (Phi) is 6.87. The van der Waals surface area contributed by atoms with Crippen molar-refractivity contribution in [3.05, 3.63) is 35.7 Å². The number of anilines is 2. The van der Waals surface area contributed by atoms with Crippen molar-refractivity contribution in [1.82, 2.24) is 20.3 Å². The average Bonchev–Trinajstić information content (AvgIpc) is 3.11. The van der Waals surface area contributed by atoms with Gasteiger partial charge in [-0.25, -0.2) is 4.68 Å². The molecule has 0 aliphatic carbocycles. The highest BCUT2D eigenvalue weighted by molar-refractivity contribution is 6.04. The number of nitrogens with zero attached hydrogens (tertiary/aromatic N) is 4. The van der Waals surface area contributed by atoms with Gasteiger partial charge in [-0.2, -0.15) is 0 Å². The number of carbonyl (C=O) groups excluding carboxylic acids is 2. The van der Waals surface area contributed by atoms with E-state index in [0.717, 1.165) is 56.7 Å². The Bertz CT molecular complexity index is 878. The normalized spacial score (nSPS) is 17.7. The maximum Gasteiger partial charge on any atom is 0.278 e. The number of benzene rings is 1. The van der Waals surface area contributed by atoms with Crippen molar-refractivity contribution in [2.45, 2.75) is 45.1 Å². The molecule has 8 nitrogen and oxygen atoms in total. The number of carbonyl (C=O) groups is 2. The van der Waals surface area contributed by atoms with Crippen LogP contribution in [0, 0.1) is 6.92 Å². The first-order valence-electron chi connectivity index (χ1n) is 9.98. The average molecular weight is 419 g/mol. The molecule has 2 aliphatic rings. The van der Waals surface area contributed by atoms with Crippen LogP contribution in [0.4, 0.5) is 11.4 Å². The van der Waals surface area contributed by atoms with Crippen molar-refractivity contribution < 1.29 is 9.59 Å². The van der Waals surface area contributed by atoms with Crippen LogP contribution in [-0.4, -0.2) is 46.4 Å². The van der Waals surface area contributed by atoms with Crippen LogP contribution in [0.5, 0.6) is 0 Å². The number of halogens is 1. The van der Waals surface area contributed by atoms with Crippen LogP contribution in [0.15, 0.2) is 24.3 Å². The fourth-order valence-electron chi connectivity index (χ4n) is 3.97. The fourth-order valence-corrected chi connectivity index (χ4v) is 3.97. The van der Waals surface area contributed by atoms with Crippen molar-refractivity contribution in [3.63, 3.8) is 0 Å². The van der Waals surface area contributed by atoms with Gasteiger partial charge >= 0.3 is 0 Å². The van der Waals surface area contributed by atoms with E-state index in [1.54, 1.807) is 4.90 Å². The summed E-state index contributed by atoms with van der Waals surface area (Å²) in [6.07, 6.45) is 4.49. The third-order valence-electron chi connectivity index (χ3n) is 5.54. The van der Waals surface area contributed by atoms with Gasteiger partial charge in [0.1, 0.15) is 0 Å². The molecular weight excluding hydrogens is 392 g/mol. The molecule has 0 unspecified atom stereocenters. The van der Waals surface area contributed by atoms with Crippen molar-refractivity contribution in [2.24, 2.45) is 0 Å². The van der Waals surface area contributed by atoms with Gasteiger partial charge in [0, 0.05) is 24.3 Å². The number of amides is 2. The third kappa shape index (κ3) is 4.59. The van der Waals surface area contributed by atoms with E-state index in [4.69, 9.17) is 0 Å². The summed E-state index contributed by atoms with van der Waals surface area (Å²) in [4.78, 5) is 26.7. The monoisotopic (exact) mass is 418 g/mol. The molecule has 2 aliphatic heterocycles. The quantitative estimate of drug-likeness (QED) is 0.796. The number of nitrogens with one attached hydrogen (secondary N) is 2. The largest absolute Gasteiger partial charge is 0.320 e. The Balaban J connectivity index is 0.00000240. The molecule has 2 aromatic rings. The summed E-state index contributed by atoms with van der Waals surface area (Å²) >= 11 is 0. The Labute approximate surface area is 176 Å². The smallest absolute Gasteiger partial charge is 0.278 e. The zero-order valence-electron chi connectivity index (χ0n) is 16.6. The second-order valence-electron chi connectivity index (χ2n) is 7.46. The van der Waals surface area contributed by atoms with Crippen molar-refractivity contribution in [1.29, 1.82) is 0 Å². The minimum absolute atomic E-state index is 0. The van der Waals surface area contributed by atoms with E-state index in [-0.39, 0.29) is 30.3 Å². The molecule has 1 aromatic carbocycles. The summed E-state index contributed by atoms with van der Waals surface area (Å²) < 4.78 is 1.87. The van der Waals surface area contributed by atoms with Crippen LogP contribution in [0.3, 0.4) is 0 Å². The molecule has 2 amide bonds. The molecular formula is C20H27ClN6O2. The lowest BCUT2D eigenvalue weighted by Crippen LogP contribution is -2.35. The van der Waals surface area contributed by atoms with E-state index in [1.165, 1.54) is 0 Å². The van der Waals surface area contributed by atoms with E-state index in [1.807, 2.05) is 35.9 Å².